The fraction of sp³-hybridized carbons (Fsp3) is 1.00. The van der Waals surface area contributed by atoms with E-state index in [4.69, 9.17) is 0 Å². The minimum Gasteiger partial charge on any atom is -0.308 e. The van der Waals surface area contributed by atoms with Crippen LogP contribution < -0.4 is 10.6 Å². The van der Waals surface area contributed by atoms with Gasteiger partial charge in [0, 0.05) is 12.7 Å². The van der Waals surface area contributed by atoms with E-state index in [1.165, 1.54) is 6.42 Å². The van der Waals surface area contributed by atoms with Gasteiger partial charge in [0.15, 0.2) is 0 Å². The van der Waals surface area contributed by atoms with Gasteiger partial charge in [0.2, 0.25) is 0 Å². The van der Waals surface area contributed by atoms with Crippen LogP contribution in [0.5, 0.6) is 0 Å². The first-order valence-corrected chi connectivity index (χ1v) is 5.19. The van der Waals surface area contributed by atoms with Crippen molar-refractivity contribution in [1.82, 2.24) is 10.6 Å². The standard InChI is InChI=1S/C6H16N2.2C2H6/c1-4-6(2)8-5-7-3;2*1-2/h6-8H,4-5H2,1-3H3;2*1-2H3. The molecule has 0 saturated carbocycles. The fourth-order valence-corrected chi connectivity index (χ4v) is 0.421. The first kappa shape index (κ1) is 17.9. The second kappa shape index (κ2) is 22.4. The van der Waals surface area contributed by atoms with Gasteiger partial charge in [-0.1, -0.05) is 34.6 Å². The van der Waals surface area contributed by atoms with Crippen molar-refractivity contribution in [2.45, 2.75) is 54.0 Å². The molecule has 0 bridgehead atoms. The minimum absolute atomic E-state index is 0.641. The van der Waals surface area contributed by atoms with Crippen molar-refractivity contribution in [1.29, 1.82) is 0 Å². The molecule has 0 aliphatic carbocycles. The van der Waals surface area contributed by atoms with Crippen molar-refractivity contribution in [3.8, 4) is 0 Å². The zero-order chi connectivity index (χ0) is 10.4. The summed E-state index contributed by atoms with van der Waals surface area (Å²) in [5.41, 5.74) is 0. The molecule has 78 valence electrons. The summed E-state index contributed by atoms with van der Waals surface area (Å²) in [5, 5.41) is 6.29. The van der Waals surface area contributed by atoms with Gasteiger partial charge >= 0.3 is 0 Å². The summed E-state index contributed by atoms with van der Waals surface area (Å²) in [4.78, 5) is 0. The van der Waals surface area contributed by atoms with E-state index in [9.17, 15) is 0 Å². The third-order valence-electron chi connectivity index (χ3n) is 1.24. The molecule has 1 atom stereocenters. The molecule has 0 radical (unpaired) electrons. The molecule has 0 amide bonds. The van der Waals surface area contributed by atoms with Crippen LogP contribution in [0.2, 0.25) is 0 Å². The van der Waals surface area contributed by atoms with Crippen molar-refractivity contribution >= 4 is 0 Å². The highest BCUT2D eigenvalue weighted by molar-refractivity contribution is 4.53. The summed E-state index contributed by atoms with van der Waals surface area (Å²) < 4.78 is 0. The van der Waals surface area contributed by atoms with Crippen molar-refractivity contribution in [2.24, 2.45) is 0 Å². The topological polar surface area (TPSA) is 24.1 Å². The normalized spacial score (nSPS) is 10.2. The van der Waals surface area contributed by atoms with Crippen molar-refractivity contribution < 1.29 is 0 Å². The van der Waals surface area contributed by atoms with Crippen molar-refractivity contribution in [2.75, 3.05) is 13.7 Å². The lowest BCUT2D eigenvalue weighted by Gasteiger charge is -2.08. The summed E-state index contributed by atoms with van der Waals surface area (Å²) in [6.07, 6.45) is 1.20. The van der Waals surface area contributed by atoms with E-state index in [2.05, 4.69) is 24.5 Å². The highest BCUT2D eigenvalue weighted by Gasteiger charge is 1.91. The van der Waals surface area contributed by atoms with Crippen molar-refractivity contribution in [3.05, 3.63) is 0 Å². The lowest BCUT2D eigenvalue weighted by molar-refractivity contribution is 0.513. The Hall–Kier alpha value is -0.0800. The highest BCUT2D eigenvalue weighted by atomic mass is 15.1. The van der Waals surface area contributed by atoms with Gasteiger partial charge in [-0.15, -0.1) is 0 Å². The minimum atomic E-state index is 0.641. The lowest BCUT2D eigenvalue weighted by Crippen LogP contribution is -2.32. The predicted molar refractivity (Wildman–Crippen MR) is 59.5 cm³/mol. The molecule has 0 fully saturated rings. The van der Waals surface area contributed by atoms with Crippen LogP contribution in [0, 0.1) is 0 Å². The van der Waals surface area contributed by atoms with Gasteiger partial charge in [0.1, 0.15) is 0 Å². The van der Waals surface area contributed by atoms with Crippen LogP contribution in [-0.4, -0.2) is 19.8 Å². The first-order valence-electron chi connectivity index (χ1n) is 5.19. The average Bonchev–Trinajstić information content (AvgIpc) is 2.20. The Bertz CT molecular complexity index is 47.1. The van der Waals surface area contributed by atoms with E-state index in [-0.39, 0.29) is 0 Å². The Labute approximate surface area is 79.1 Å². The molecular weight excluding hydrogens is 148 g/mol. The zero-order valence-electron chi connectivity index (χ0n) is 9.99. The van der Waals surface area contributed by atoms with Gasteiger partial charge in [0.25, 0.3) is 0 Å². The van der Waals surface area contributed by atoms with E-state index >= 15 is 0 Å². The first-order chi connectivity index (χ1) is 5.81. The summed E-state index contributed by atoms with van der Waals surface area (Å²) >= 11 is 0. The number of nitrogens with one attached hydrogen (secondary N) is 2. The van der Waals surface area contributed by atoms with E-state index in [0.29, 0.717) is 6.04 Å². The number of hydrogen-bond donors (Lipinski definition) is 2. The molecule has 12 heavy (non-hydrogen) atoms. The van der Waals surface area contributed by atoms with Crippen molar-refractivity contribution in [3.63, 3.8) is 0 Å². The Morgan fingerprint density at radius 3 is 1.75 bits per heavy atom. The Balaban J connectivity index is -0.000000175. The number of hydrogen-bond acceptors (Lipinski definition) is 2. The highest BCUT2D eigenvalue weighted by Crippen LogP contribution is 1.83. The van der Waals surface area contributed by atoms with Crippen LogP contribution in [0.3, 0.4) is 0 Å². The van der Waals surface area contributed by atoms with Crippen LogP contribution in [0.25, 0.3) is 0 Å². The summed E-state index contributed by atoms with van der Waals surface area (Å²) in [5.74, 6) is 0. The average molecular weight is 176 g/mol. The fourth-order valence-electron chi connectivity index (χ4n) is 0.421. The van der Waals surface area contributed by atoms with E-state index < -0.39 is 0 Å². The monoisotopic (exact) mass is 176 g/mol. The molecule has 2 nitrogen and oxygen atoms in total. The smallest absolute Gasteiger partial charge is 0.0453 e. The predicted octanol–water partition coefficient (Wildman–Crippen LogP) is 2.60. The molecule has 0 aromatic carbocycles. The van der Waals surface area contributed by atoms with Gasteiger partial charge in [-0.25, -0.2) is 0 Å². The van der Waals surface area contributed by atoms with Crippen LogP contribution in [0.4, 0.5) is 0 Å². The molecule has 0 aromatic rings. The quantitative estimate of drug-likeness (QED) is 0.643. The molecule has 0 aliphatic heterocycles. The van der Waals surface area contributed by atoms with Crippen LogP contribution >= 0.6 is 0 Å². The molecule has 0 aromatic heterocycles. The van der Waals surface area contributed by atoms with E-state index in [0.717, 1.165) is 6.67 Å². The van der Waals surface area contributed by atoms with Gasteiger partial charge < -0.3 is 10.6 Å². The Kier molecular flexibility index (Phi) is 33.4. The van der Waals surface area contributed by atoms with Crippen LogP contribution in [0.1, 0.15) is 48.0 Å². The summed E-state index contributed by atoms with van der Waals surface area (Å²) in [6.45, 7) is 13.3. The Morgan fingerprint density at radius 1 is 1.08 bits per heavy atom. The summed E-state index contributed by atoms with van der Waals surface area (Å²) in [7, 11) is 1.94. The molecule has 0 heterocycles. The maximum atomic E-state index is 3.27. The molecule has 0 saturated heterocycles. The molecule has 2 N–H and O–H groups in total. The number of rotatable bonds is 4. The van der Waals surface area contributed by atoms with Gasteiger partial charge in [-0.3, -0.25) is 0 Å². The third kappa shape index (κ3) is 22.5. The molecule has 0 aliphatic rings. The zero-order valence-corrected chi connectivity index (χ0v) is 9.99. The second-order valence-electron chi connectivity index (χ2n) is 2.04. The van der Waals surface area contributed by atoms with Gasteiger partial charge in [-0.2, -0.15) is 0 Å². The lowest BCUT2D eigenvalue weighted by atomic mass is 10.3. The molecule has 0 spiro atoms. The third-order valence-corrected chi connectivity index (χ3v) is 1.24. The van der Waals surface area contributed by atoms with Crippen LogP contribution in [-0.2, 0) is 0 Å². The largest absolute Gasteiger partial charge is 0.308 e. The SMILES string of the molecule is CC.CC.CCC(C)NCNC. The molecular formula is C10H28N2. The maximum Gasteiger partial charge on any atom is 0.0453 e. The van der Waals surface area contributed by atoms with Gasteiger partial charge in [-0.05, 0) is 20.4 Å². The molecule has 2 heteroatoms. The summed E-state index contributed by atoms with van der Waals surface area (Å²) in [6, 6.07) is 0.641. The maximum absolute atomic E-state index is 3.27. The van der Waals surface area contributed by atoms with Gasteiger partial charge in [0.05, 0.1) is 0 Å². The Morgan fingerprint density at radius 2 is 1.50 bits per heavy atom. The van der Waals surface area contributed by atoms with E-state index in [1.54, 1.807) is 0 Å². The molecule has 0 rings (SSSR count). The molecule has 1 unspecified atom stereocenters. The van der Waals surface area contributed by atoms with E-state index in [1.807, 2.05) is 34.7 Å². The van der Waals surface area contributed by atoms with Crippen LogP contribution in [0.15, 0.2) is 0 Å². The second-order valence-corrected chi connectivity index (χ2v) is 2.04.